The van der Waals surface area contributed by atoms with Gasteiger partial charge in [-0.1, -0.05) is 13.8 Å². The summed E-state index contributed by atoms with van der Waals surface area (Å²) < 4.78 is 0. The molecule has 0 heterocycles. The number of amides is 1. The van der Waals surface area contributed by atoms with Gasteiger partial charge in [-0.3, -0.25) is 4.79 Å². The molecule has 4 nitrogen and oxygen atoms in total. The van der Waals surface area contributed by atoms with Crippen LogP contribution in [-0.4, -0.2) is 31.2 Å². The molecular weight excluding hydrogens is 222 g/mol. The number of carbonyl (C=O) groups is 1. The van der Waals surface area contributed by atoms with Crippen LogP contribution in [-0.2, 0) is 4.79 Å². The fourth-order valence-electron chi connectivity index (χ4n) is 1.08. The van der Waals surface area contributed by atoms with E-state index in [0.29, 0.717) is 17.6 Å². The third-order valence-electron chi connectivity index (χ3n) is 2.20. The highest BCUT2D eigenvalue weighted by molar-refractivity contribution is 7.80. The summed E-state index contributed by atoms with van der Waals surface area (Å²) in [5.41, 5.74) is -0.460. The summed E-state index contributed by atoms with van der Waals surface area (Å²) in [4.78, 5) is 11.5. The van der Waals surface area contributed by atoms with E-state index in [4.69, 9.17) is 12.2 Å². The molecule has 0 bridgehead atoms. The van der Waals surface area contributed by atoms with Gasteiger partial charge in [0.05, 0.1) is 5.41 Å². The first kappa shape index (κ1) is 15.2. The van der Waals surface area contributed by atoms with Gasteiger partial charge in [-0.25, -0.2) is 0 Å². The number of carbonyl (C=O) groups excluding carboxylic acids is 1. The SMILES string of the molecule is CNC(=O)C(C)(C)CNC(=S)NCC(C)C. The zero-order valence-corrected chi connectivity index (χ0v) is 11.6. The first-order chi connectivity index (χ1) is 7.29. The summed E-state index contributed by atoms with van der Waals surface area (Å²) in [6, 6.07) is 0. The molecule has 0 aromatic heterocycles. The fraction of sp³-hybridized carbons (Fsp3) is 0.818. The summed E-state index contributed by atoms with van der Waals surface area (Å²) in [6.45, 7) is 9.35. The van der Waals surface area contributed by atoms with Gasteiger partial charge in [0.2, 0.25) is 5.91 Å². The van der Waals surface area contributed by atoms with Crippen molar-refractivity contribution in [2.24, 2.45) is 11.3 Å². The van der Waals surface area contributed by atoms with E-state index in [-0.39, 0.29) is 5.91 Å². The largest absolute Gasteiger partial charge is 0.362 e. The second-order valence-electron chi connectivity index (χ2n) is 4.92. The van der Waals surface area contributed by atoms with Gasteiger partial charge >= 0.3 is 0 Å². The molecule has 0 aromatic carbocycles. The van der Waals surface area contributed by atoms with E-state index in [0.717, 1.165) is 6.54 Å². The van der Waals surface area contributed by atoms with Crippen molar-refractivity contribution in [2.45, 2.75) is 27.7 Å². The first-order valence-corrected chi connectivity index (χ1v) is 5.94. The second kappa shape index (κ2) is 6.68. The minimum Gasteiger partial charge on any atom is -0.362 e. The Morgan fingerprint density at radius 3 is 2.31 bits per heavy atom. The smallest absolute Gasteiger partial charge is 0.227 e. The van der Waals surface area contributed by atoms with E-state index in [2.05, 4.69) is 29.8 Å². The first-order valence-electron chi connectivity index (χ1n) is 5.53. The molecule has 94 valence electrons. The normalized spacial score (nSPS) is 11.1. The number of nitrogens with one attached hydrogen (secondary N) is 3. The maximum atomic E-state index is 11.5. The van der Waals surface area contributed by atoms with Crippen LogP contribution in [0.4, 0.5) is 0 Å². The molecule has 0 aliphatic rings. The molecule has 0 radical (unpaired) electrons. The van der Waals surface area contributed by atoms with Gasteiger partial charge in [-0.15, -0.1) is 0 Å². The third kappa shape index (κ3) is 5.90. The van der Waals surface area contributed by atoms with Crippen molar-refractivity contribution >= 4 is 23.2 Å². The average Bonchev–Trinajstić information content (AvgIpc) is 2.22. The van der Waals surface area contributed by atoms with Crippen LogP contribution in [0.2, 0.25) is 0 Å². The Hall–Kier alpha value is -0.840. The van der Waals surface area contributed by atoms with Crippen molar-refractivity contribution in [1.82, 2.24) is 16.0 Å². The van der Waals surface area contributed by atoms with Gasteiger partial charge in [-0.2, -0.15) is 0 Å². The zero-order chi connectivity index (χ0) is 12.8. The summed E-state index contributed by atoms with van der Waals surface area (Å²) in [6.07, 6.45) is 0. The van der Waals surface area contributed by atoms with Crippen molar-refractivity contribution in [2.75, 3.05) is 20.1 Å². The Labute approximate surface area is 104 Å². The molecule has 0 atom stereocenters. The van der Waals surface area contributed by atoms with Crippen LogP contribution in [0.1, 0.15) is 27.7 Å². The summed E-state index contributed by atoms with van der Waals surface area (Å²) in [5.74, 6) is 0.554. The number of rotatable bonds is 5. The molecule has 0 fully saturated rings. The van der Waals surface area contributed by atoms with Gasteiger partial charge < -0.3 is 16.0 Å². The predicted octanol–water partition coefficient (Wildman–Crippen LogP) is 0.879. The Balaban J connectivity index is 3.95. The van der Waals surface area contributed by atoms with E-state index < -0.39 is 5.41 Å². The minimum absolute atomic E-state index is 0.00617. The molecule has 0 aliphatic heterocycles. The van der Waals surface area contributed by atoms with Crippen LogP contribution in [0.15, 0.2) is 0 Å². The molecule has 0 aromatic rings. The number of thiocarbonyl (C=S) groups is 1. The van der Waals surface area contributed by atoms with E-state index >= 15 is 0 Å². The van der Waals surface area contributed by atoms with Crippen LogP contribution in [0.5, 0.6) is 0 Å². The molecule has 1 amide bonds. The topological polar surface area (TPSA) is 53.2 Å². The summed E-state index contributed by atoms with van der Waals surface area (Å²) in [7, 11) is 1.64. The van der Waals surface area contributed by atoms with Gasteiger partial charge in [0.25, 0.3) is 0 Å². The monoisotopic (exact) mass is 245 g/mol. The third-order valence-corrected chi connectivity index (χ3v) is 2.49. The van der Waals surface area contributed by atoms with Gasteiger partial charge in [0, 0.05) is 20.1 Å². The fourth-order valence-corrected chi connectivity index (χ4v) is 1.23. The van der Waals surface area contributed by atoms with Crippen LogP contribution >= 0.6 is 12.2 Å². The van der Waals surface area contributed by atoms with E-state index in [1.54, 1.807) is 7.05 Å². The van der Waals surface area contributed by atoms with Gasteiger partial charge in [0.1, 0.15) is 0 Å². The maximum absolute atomic E-state index is 11.5. The minimum atomic E-state index is -0.460. The molecule has 0 aliphatic carbocycles. The lowest BCUT2D eigenvalue weighted by Gasteiger charge is -2.24. The van der Waals surface area contributed by atoms with Crippen LogP contribution < -0.4 is 16.0 Å². The standard InChI is InChI=1S/C11H23N3OS/c1-8(2)6-13-10(16)14-7-11(3,4)9(15)12-5/h8H,6-7H2,1-5H3,(H,12,15)(H2,13,14,16). The van der Waals surface area contributed by atoms with Crippen molar-refractivity contribution in [3.8, 4) is 0 Å². The maximum Gasteiger partial charge on any atom is 0.227 e. The molecule has 0 saturated carbocycles. The van der Waals surface area contributed by atoms with Crippen LogP contribution in [0.3, 0.4) is 0 Å². The lowest BCUT2D eigenvalue weighted by molar-refractivity contribution is -0.128. The van der Waals surface area contributed by atoms with Gasteiger partial charge in [0.15, 0.2) is 5.11 Å². The van der Waals surface area contributed by atoms with Crippen molar-refractivity contribution in [3.63, 3.8) is 0 Å². The highest BCUT2D eigenvalue weighted by Gasteiger charge is 2.26. The van der Waals surface area contributed by atoms with Crippen LogP contribution in [0, 0.1) is 11.3 Å². The molecule has 0 rings (SSSR count). The van der Waals surface area contributed by atoms with Crippen molar-refractivity contribution < 1.29 is 4.79 Å². The average molecular weight is 245 g/mol. The van der Waals surface area contributed by atoms with E-state index in [9.17, 15) is 4.79 Å². The second-order valence-corrected chi connectivity index (χ2v) is 5.33. The highest BCUT2D eigenvalue weighted by Crippen LogP contribution is 2.12. The molecule has 0 spiro atoms. The lowest BCUT2D eigenvalue weighted by Crippen LogP contribution is -2.46. The predicted molar refractivity (Wildman–Crippen MR) is 71.3 cm³/mol. The Morgan fingerprint density at radius 2 is 1.88 bits per heavy atom. The van der Waals surface area contributed by atoms with Gasteiger partial charge in [-0.05, 0) is 32.0 Å². The molecule has 0 saturated heterocycles. The highest BCUT2D eigenvalue weighted by atomic mass is 32.1. The quantitative estimate of drug-likeness (QED) is 0.629. The van der Waals surface area contributed by atoms with Crippen molar-refractivity contribution in [1.29, 1.82) is 0 Å². The Bertz CT molecular complexity index is 252. The van der Waals surface area contributed by atoms with Crippen LogP contribution in [0.25, 0.3) is 0 Å². The summed E-state index contributed by atoms with van der Waals surface area (Å²) >= 11 is 5.11. The molecular formula is C11H23N3OS. The Morgan fingerprint density at radius 1 is 1.31 bits per heavy atom. The van der Waals surface area contributed by atoms with E-state index in [1.165, 1.54) is 0 Å². The van der Waals surface area contributed by atoms with E-state index in [1.807, 2.05) is 13.8 Å². The zero-order valence-electron chi connectivity index (χ0n) is 10.8. The molecule has 16 heavy (non-hydrogen) atoms. The lowest BCUT2D eigenvalue weighted by atomic mass is 9.92. The molecule has 0 unspecified atom stereocenters. The molecule has 5 heteroatoms. The summed E-state index contributed by atoms with van der Waals surface area (Å²) in [5, 5.41) is 9.39. The molecule has 3 N–H and O–H groups in total. The number of hydrogen-bond donors (Lipinski definition) is 3. The Kier molecular flexibility index (Phi) is 6.33. The number of hydrogen-bond acceptors (Lipinski definition) is 2. The van der Waals surface area contributed by atoms with Crippen molar-refractivity contribution in [3.05, 3.63) is 0 Å².